The van der Waals surface area contributed by atoms with Crippen molar-refractivity contribution in [2.75, 3.05) is 13.1 Å². The summed E-state index contributed by atoms with van der Waals surface area (Å²) in [4.78, 5) is 0. The first-order valence-corrected chi connectivity index (χ1v) is 7.56. The Hall–Kier alpha value is -0.930. The van der Waals surface area contributed by atoms with Crippen LogP contribution in [0.15, 0.2) is 18.2 Å². The van der Waals surface area contributed by atoms with Gasteiger partial charge < -0.3 is 11.1 Å². The van der Waals surface area contributed by atoms with Crippen molar-refractivity contribution in [2.24, 2.45) is 23.5 Å². The van der Waals surface area contributed by atoms with Gasteiger partial charge in [0, 0.05) is 18.2 Å². The summed E-state index contributed by atoms with van der Waals surface area (Å²) in [5, 5.41) is 3.45. The summed E-state index contributed by atoms with van der Waals surface area (Å²) >= 11 is 0. The molecule has 2 nitrogen and oxygen atoms in total. The van der Waals surface area contributed by atoms with E-state index in [2.05, 4.69) is 33.0 Å². The van der Waals surface area contributed by atoms with Crippen LogP contribution in [0.25, 0.3) is 0 Å². The molecule has 0 aliphatic rings. The lowest BCUT2D eigenvalue weighted by Crippen LogP contribution is -2.36. The molecule has 0 amide bonds. The van der Waals surface area contributed by atoms with Gasteiger partial charge in [0.05, 0.1) is 0 Å². The highest BCUT2D eigenvalue weighted by Crippen LogP contribution is 2.22. The van der Waals surface area contributed by atoms with Crippen LogP contribution in [-0.4, -0.2) is 13.1 Å². The molecule has 114 valence electrons. The molecule has 1 unspecified atom stereocenters. The van der Waals surface area contributed by atoms with Gasteiger partial charge in [-0.05, 0) is 37.3 Å². The van der Waals surface area contributed by atoms with E-state index in [0.29, 0.717) is 29.9 Å². The van der Waals surface area contributed by atoms with E-state index in [9.17, 15) is 4.39 Å². The molecule has 0 aromatic heterocycles. The zero-order valence-corrected chi connectivity index (χ0v) is 13.4. The van der Waals surface area contributed by atoms with Gasteiger partial charge in [-0.1, -0.05) is 45.4 Å². The standard InChI is InChI=1S/C17H29FN2/c1-11(2)15(12(3)4)10-20-17(9-19)14-8-13(5)6-7-16(14)18/h6-8,11-12,15,17,20H,9-10,19H2,1-5H3. The Morgan fingerprint density at radius 1 is 1.15 bits per heavy atom. The second-order valence-corrected chi connectivity index (χ2v) is 6.37. The van der Waals surface area contributed by atoms with Gasteiger partial charge in [0.1, 0.15) is 5.82 Å². The molecule has 0 aliphatic heterocycles. The zero-order valence-electron chi connectivity index (χ0n) is 13.4. The van der Waals surface area contributed by atoms with Gasteiger partial charge in [-0.25, -0.2) is 4.39 Å². The molecule has 3 heteroatoms. The molecule has 20 heavy (non-hydrogen) atoms. The third kappa shape index (κ3) is 4.57. The van der Waals surface area contributed by atoms with E-state index in [1.54, 1.807) is 6.07 Å². The molecule has 1 rings (SSSR count). The molecular formula is C17H29FN2. The van der Waals surface area contributed by atoms with Crippen molar-refractivity contribution >= 4 is 0 Å². The van der Waals surface area contributed by atoms with Crippen LogP contribution in [0.2, 0.25) is 0 Å². The van der Waals surface area contributed by atoms with E-state index in [1.165, 1.54) is 6.07 Å². The van der Waals surface area contributed by atoms with Crippen molar-refractivity contribution < 1.29 is 4.39 Å². The minimum atomic E-state index is -0.177. The number of nitrogens with two attached hydrogens (primary N) is 1. The lowest BCUT2D eigenvalue weighted by molar-refractivity contribution is 0.265. The predicted octanol–water partition coefficient (Wildman–Crippen LogP) is 3.65. The van der Waals surface area contributed by atoms with Crippen LogP contribution in [0.1, 0.15) is 44.9 Å². The Morgan fingerprint density at radius 3 is 2.25 bits per heavy atom. The van der Waals surface area contributed by atoms with Crippen molar-refractivity contribution in [3.63, 3.8) is 0 Å². The fourth-order valence-corrected chi connectivity index (χ4v) is 2.77. The van der Waals surface area contributed by atoms with Gasteiger partial charge >= 0.3 is 0 Å². The van der Waals surface area contributed by atoms with E-state index in [-0.39, 0.29) is 11.9 Å². The van der Waals surface area contributed by atoms with Gasteiger partial charge in [-0.3, -0.25) is 0 Å². The highest BCUT2D eigenvalue weighted by atomic mass is 19.1. The quantitative estimate of drug-likeness (QED) is 0.800. The van der Waals surface area contributed by atoms with Crippen LogP contribution in [-0.2, 0) is 0 Å². The van der Waals surface area contributed by atoms with E-state index >= 15 is 0 Å². The minimum Gasteiger partial charge on any atom is -0.329 e. The van der Waals surface area contributed by atoms with Gasteiger partial charge in [0.15, 0.2) is 0 Å². The molecule has 1 atom stereocenters. The van der Waals surface area contributed by atoms with E-state index in [1.807, 2.05) is 13.0 Å². The molecule has 0 heterocycles. The molecular weight excluding hydrogens is 251 g/mol. The van der Waals surface area contributed by atoms with Gasteiger partial charge in [0.2, 0.25) is 0 Å². The van der Waals surface area contributed by atoms with E-state index < -0.39 is 0 Å². The molecule has 0 aliphatic carbocycles. The van der Waals surface area contributed by atoms with Crippen molar-refractivity contribution in [3.8, 4) is 0 Å². The summed E-state index contributed by atoms with van der Waals surface area (Å²) in [6.07, 6.45) is 0. The number of hydrogen-bond acceptors (Lipinski definition) is 2. The van der Waals surface area contributed by atoms with Gasteiger partial charge in [0.25, 0.3) is 0 Å². The van der Waals surface area contributed by atoms with Gasteiger partial charge in [-0.15, -0.1) is 0 Å². The monoisotopic (exact) mass is 280 g/mol. The van der Waals surface area contributed by atoms with Crippen LogP contribution in [0.3, 0.4) is 0 Å². The third-order valence-corrected chi connectivity index (χ3v) is 4.08. The smallest absolute Gasteiger partial charge is 0.128 e. The maximum absolute atomic E-state index is 14.0. The number of nitrogens with one attached hydrogen (secondary N) is 1. The Kier molecular flexibility index (Phi) is 6.63. The Balaban J connectivity index is 2.79. The SMILES string of the molecule is Cc1ccc(F)c(C(CN)NCC(C(C)C)C(C)C)c1. The lowest BCUT2D eigenvalue weighted by Gasteiger charge is -2.28. The predicted molar refractivity (Wildman–Crippen MR) is 84.1 cm³/mol. The van der Waals surface area contributed by atoms with E-state index in [4.69, 9.17) is 5.73 Å². The lowest BCUT2D eigenvalue weighted by atomic mass is 9.85. The van der Waals surface area contributed by atoms with Crippen LogP contribution < -0.4 is 11.1 Å². The first-order chi connectivity index (χ1) is 9.36. The third-order valence-electron chi connectivity index (χ3n) is 4.08. The summed E-state index contributed by atoms with van der Waals surface area (Å²) < 4.78 is 14.0. The molecule has 0 saturated heterocycles. The normalized spacial score (nSPS) is 13.5. The molecule has 3 N–H and O–H groups in total. The summed E-state index contributed by atoms with van der Waals surface area (Å²) in [6.45, 7) is 12.2. The highest BCUT2D eigenvalue weighted by Gasteiger charge is 2.20. The largest absolute Gasteiger partial charge is 0.329 e. The zero-order chi connectivity index (χ0) is 15.3. The molecule has 0 saturated carbocycles. The fourth-order valence-electron chi connectivity index (χ4n) is 2.77. The minimum absolute atomic E-state index is 0.116. The molecule has 0 fully saturated rings. The van der Waals surface area contributed by atoms with Crippen LogP contribution >= 0.6 is 0 Å². The number of benzene rings is 1. The highest BCUT2D eigenvalue weighted by molar-refractivity contribution is 5.27. The molecule has 0 bridgehead atoms. The van der Waals surface area contributed by atoms with E-state index in [0.717, 1.165) is 12.1 Å². The fraction of sp³-hybridized carbons (Fsp3) is 0.647. The average molecular weight is 280 g/mol. The van der Waals surface area contributed by atoms with Crippen molar-refractivity contribution in [1.82, 2.24) is 5.32 Å². The summed E-state index contributed by atoms with van der Waals surface area (Å²) in [5.74, 6) is 1.59. The maximum atomic E-state index is 14.0. The number of halogens is 1. The summed E-state index contributed by atoms with van der Waals surface area (Å²) in [7, 11) is 0. The van der Waals surface area contributed by atoms with Crippen molar-refractivity contribution in [3.05, 3.63) is 35.1 Å². The van der Waals surface area contributed by atoms with Crippen molar-refractivity contribution in [1.29, 1.82) is 0 Å². The average Bonchev–Trinajstić information content (AvgIpc) is 2.37. The second-order valence-electron chi connectivity index (χ2n) is 6.37. The molecule has 0 spiro atoms. The van der Waals surface area contributed by atoms with Gasteiger partial charge in [-0.2, -0.15) is 0 Å². The molecule has 0 radical (unpaired) electrons. The second kappa shape index (κ2) is 7.75. The van der Waals surface area contributed by atoms with Crippen LogP contribution in [0.5, 0.6) is 0 Å². The maximum Gasteiger partial charge on any atom is 0.128 e. The Bertz CT molecular complexity index is 407. The van der Waals surface area contributed by atoms with Crippen LogP contribution in [0, 0.1) is 30.5 Å². The molecule has 1 aromatic rings. The number of rotatable bonds is 7. The first kappa shape index (κ1) is 17.1. The number of hydrogen-bond donors (Lipinski definition) is 2. The number of aryl methyl sites for hydroxylation is 1. The Labute approximate surface area is 123 Å². The van der Waals surface area contributed by atoms with Crippen molar-refractivity contribution in [2.45, 2.75) is 40.7 Å². The topological polar surface area (TPSA) is 38.0 Å². The Morgan fingerprint density at radius 2 is 1.75 bits per heavy atom. The summed E-state index contributed by atoms with van der Waals surface area (Å²) in [5.41, 5.74) is 7.57. The van der Waals surface area contributed by atoms with Crippen LogP contribution in [0.4, 0.5) is 4.39 Å². The molecule has 1 aromatic carbocycles. The summed E-state index contributed by atoms with van der Waals surface area (Å²) in [6, 6.07) is 5.09. The first-order valence-electron chi connectivity index (χ1n) is 7.56.